The number of fused-ring (bicyclic) bond motifs is 3. The first kappa shape index (κ1) is 23.0. The lowest BCUT2D eigenvalue weighted by Crippen LogP contribution is -2.38. The van der Waals surface area contributed by atoms with Crippen LogP contribution in [-0.4, -0.2) is 54.7 Å². The molecule has 8 nitrogen and oxygen atoms in total. The molecule has 1 aliphatic rings. The van der Waals surface area contributed by atoms with Crippen LogP contribution in [0.2, 0.25) is 0 Å². The zero-order chi connectivity index (χ0) is 24.7. The number of carbonyl (C=O) groups excluding carboxylic acids is 1. The Hall–Kier alpha value is -3.79. The van der Waals surface area contributed by atoms with Crippen molar-refractivity contribution in [2.24, 2.45) is 11.7 Å². The normalized spacial score (nSPS) is 16.1. The van der Waals surface area contributed by atoms with Crippen LogP contribution >= 0.6 is 0 Å². The summed E-state index contributed by atoms with van der Waals surface area (Å²) in [4.78, 5) is 26.3. The number of rotatable bonds is 5. The molecular formula is C25H26F2N6O2. The number of nitrogens with two attached hydrogens (primary N) is 1. The largest absolute Gasteiger partial charge is 0.465 e. The number of aromatic nitrogens is 3. The van der Waals surface area contributed by atoms with E-state index in [-0.39, 0.29) is 16.9 Å². The first-order valence-corrected chi connectivity index (χ1v) is 11.5. The summed E-state index contributed by atoms with van der Waals surface area (Å²) in [6.45, 7) is 1.91. The number of esters is 1. The average molecular weight is 481 g/mol. The molecule has 1 fully saturated rings. The van der Waals surface area contributed by atoms with Crippen molar-refractivity contribution < 1.29 is 18.3 Å². The number of methoxy groups -OCH3 is 1. The first-order chi connectivity index (χ1) is 17.0. The molecule has 35 heavy (non-hydrogen) atoms. The fourth-order valence-electron chi connectivity index (χ4n) is 4.96. The molecule has 5 rings (SSSR count). The predicted octanol–water partition coefficient (Wildman–Crippen LogP) is 4.06. The number of carbonyl (C=O) groups is 1. The highest BCUT2D eigenvalue weighted by Crippen LogP contribution is 2.44. The molecule has 0 aliphatic carbocycles. The molecule has 1 aliphatic heterocycles. The smallest absolute Gasteiger partial charge is 0.339 e. The van der Waals surface area contributed by atoms with Crippen LogP contribution in [0.15, 0.2) is 30.7 Å². The van der Waals surface area contributed by atoms with Crippen molar-refractivity contribution in [3.63, 3.8) is 0 Å². The van der Waals surface area contributed by atoms with E-state index < -0.39 is 17.6 Å². The van der Waals surface area contributed by atoms with Crippen LogP contribution in [0, 0.1) is 17.6 Å². The Kier molecular flexibility index (Phi) is 5.98. The number of H-pyrrole nitrogens is 1. The highest BCUT2D eigenvalue weighted by Gasteiger charge is 2.28. The average Bonchev–Trinajstić information content (AvgIpc) is 3.29. The summed E-state index contributed by atoms with van der Waals surface area (Å²) in [5, 5.41) is 3.53. The van der Waals surface area contributed by atoms with Crippen LogP contribution in [-0.2, 0) is 4.74 Å². The van der Waals surface area contributed by atoms with Gasteiger partial charge in [-0.1, -0.05) is 0 Å². The SMILES string of the molecule is CNc1cc(F)c(F)c2c1[nH]c1ncc(-c3cncc(C(=O)OC)c3)c(N3CCCC(CN)C3)c12. The second-order valence-electron chi connectivity index (χ2n) is 8.73. The van der Waals surface area contributed by atoms with E-state index in [2.05, 4.69) is 25.2 Å². The number of nitrogens with one attached hydrogen (secondary N) is 2. The molecule has 0 spiro atoms. The number of hydrogen-bond donors (Lipinski definition) is 3. The number of aromatic amines is 1. The Morgan fingerprint density at radius 1 is 1.29 bits per heavy atom. The number of piperidine rings is 1. The lowest BCUT2D eigenvalue weighted by Gasteiger charge is -2.35. The quantitative estimate of drug-likeness (QED) is 0.370. The molecule has 4 N–H and O–H groups in total. The minimum absolute atomic E-state index is 0.126. The maximum atomic E-state index is 15.4. The van der Waals surface area contributed by atoms with Gasteiger partial charge in [-0.25, -0.2) is 18.6 Å². The highest BCUT2D eigenvalue weighted by molar-refractivity contribution is 6.18. The van der Waals surface area contributed by atoms with E-state index in [1.807, 2.05) is 0 Å². The number of benzene rings is 1. The minimum atomic E-state index is -0.952. The second-order valence-corrected chi connectivity index (χ2v) is 8.73. The van der Waals surface area contributed by atoms with Crippen LogP contribution in [0.3, 0.4) is 0 Å². The zero-order valence-corrected chi connectivity index (χ0v) is 19.5. The molecule has 4 aromatic rings. The fraction of sp³-hybridized carbons (Fsp3) is 0.320. The summed E-state index contributed by atoms with van der Waals surface area (Å²) in [6, 6.07) is 2.79. The van der Waals surface area contributed by atoms with Gasteiger partial charge in [0.15, 0.2) is 11.6 Å². The van der Waals surface area contributed by atoms with Gasteiger partial charge in [0.2, 0.25) is 0 Å². The number of anilines is 2. The van der Waals surface area contributed by atoms with E-state index in [0.29, 0.717) is 52.1 Å². The zero-order valence-electron chi connectivity index (χ0n) is 19.5. The molecule has 4 heterocycles. The number of nitrogens with zero attached hydrogens (tertiary/aromatic N) is 3. The third kappa shape index (κ3) is 3.83. The molecule has 182 valence electrons. The summed E-state index contributed by atoms with van der Waals surface area (Å²) in [6.07, 6.45) is 6.62. The van der Waals surface area contributed by atoms with Crippen molar-refractivity contribution in [2.45, 2.75) is 12.8 Å². The van der Waals surface area contributed by atoms with E-state index in [9.17, 15) is 9.18 Å². The number of hydrogen-bond acceptors (Lipinski definition) is 7. The lowest BCUT2D eigenvalue weighted by molar-refractivity contribution is 0.0600. The molecule has 3 aromatic heterocycles. The van der Waals surface area contributed by atoms with E-state index in [1.54, 1.807) is 25.5 Å². The van der Waals surface area contributed by atoms with Gasteiger partial charge in [0, 0.05) is 55.9 Å². The first-order valence-electron chi connectivity index (χ1n) is 11.5. The number of halogens is 2. The number of pyridine rings is 2. The van der Waals surface area contributed by atoms with Crippen LogP contribution in [0.25, 0.3) is 33.1 Å². The molecule has 1 saturated heterocycles. The molecule has 10 heteroatoms. The monoisotopic (exact) mass is 480 g/mol. The molecule has 1 aromatic carbocycles. The maximum Gasteiger partial charge on any atom is 0.339 e. The van der Waals surface area contributed by atoms with Gasteiger partial charge in [-0.3, -0.25) is 4.98 Å². The van der Waals surface area contributed by atoms with E-state index in [1.165, 1.54) is 13.3 Å². The molecule has 0 bridgehead atoms. The summed E-state index contributed by atoms with van der Waals surface area (Å²) in [5.41, 5.74) is 9.56. The highest BCUT2D eigenvalue weighted by atomic mass is 19.2. The van der Waals surface area contributed by atoms with Crippen molar-refractivity contribution in [3.8, 4) is 11.1 Å². The van der Waals surface area contributed by atoms with Crippen molar-refractivity contribution in [3.05, 3.63) is 47.9 Å². The van der Waals surface area contributed by atoms with Gasteiger partial charge < -0.3 is 25.7 Å². The number of ether oxygens (including phenoxy) is 1. The van der Waals surface area contributed by atoms with Gasteiger partial charge in [0.25, 0.3) is 0 Å². The molecule has 0 saturated carbocycles. The Morgan fingerprint density at radius 2 is 2.11 bits per heavy atom. The maximum absolute atomic E-state index is 15.4. The molecular weight excluding hydrogens is 454 g/mol. The summed E-state index contributed by atoms with van der Waals surface area (Å²) in [7, 11) is 2.95. The van der Waals surface area contributed by atoms with Crippen LogP contribution in [0.5, 0.6) is 0 Å². The minimum Gasteiger partial charge on any atom is -0.465 e. The topological polar surface area (TPSA) is 109 Å². The van der Waals surface area contributed by atoms with Gasteiger partial charge in [0.1, 0.15) is 5.65 Å². The van der Waals surface area contributed by atoms with Crippen molar-refractivity contribution >= 4 is 39.3 Å². The van der Waals surface area contributed by atoms with E-state index in [0.717, 1.165) is 25.5 Å². The molecule has 1 unspecified atom stereocenters. The van der Waals surface area contributed by atoms with Crippen molar-refractivity contribution in [2.75, 3.05) is 44.0 Å². The van der Waals surface area contributed by atoms with E-state index in [4.69, 9.17) is 10.5 Å². The third-order valence-corrected chi connectivity index (χ3v) is 6.67. The van der Waals surface area contributed by atoms with Gasteiger partial charge in [-0.05, 0) is 31.4 Å². The lowest BCUT2D eigenvalue weighted by atomic mass is 9.95. The van der Waals surface area contributed by atoms with Crippen LogP contribution in [0.1, 0.15) is 23.2 Å². The molecule has 0 radical (unpaired) electrons. The Labute approximate surface area is 200 Å². The van der Waals surface area contributed by atoms with Crippen molar-refractivity contribution in [1.82, 2.24) is 15.0 Å². The van der Waals surface area contributed by atoms with Gasteiger partial charge >= 0.3 is 5.97 Å². The Bertz CT molecular complexity index is 1440. The van der Waals surface area contributed by atoms with Crippen molar-refractivity contribution in [1.29, 1.82) is 0 Å². The third-order valence-electron chi connectivity index (χ3n) is 6.67. The van der Waals surface area contributed by atoms with Gasteiger partial charge in [0.05, 0.1) is 40.3 Å². The van der Waals surface area contributed by atoms with Gasteiger partial charge in [-0.15, -0.1) is 0 Å². The molecule has 0 amide bonds. The summed E-state index contributed by atoms with van der Waals surface area (Å²) in [5.74, 6) is -2.15. The van der Waals surface area contributed by atoms with E-state index >= 15 is 4.39 Å². The standard InChI is InChI=1S/C25H26F2N6O2/c1-29-18-7-17(26)21(27)19-20-23(33-5-3-4-13(8-28)12-33)16(11-31-24(20)32-22(18)19)14-6-15(10-30-9-14)25(34)35-2/h6-7,9-11,13,29H,3-5,8,12,28H2,1-2H3,(H,31,32). The van der Waals surface area contributed by atoms with Crippen LogP contribution < -0.4 is 16.0 Å². The second kappa shape index (κ2) is 9.10. The Morgan fingerprint density at radius 3 is 2.86 bits per heavy atom. The Balaban J connectivity index is 1.85. The summed E-state index contributed by atoms with van der Waals surface area (Å²) < 4.78 is 34.9. The predicted molar refractivity (Wildman–Crippen MR) is 132 cm³/mol. The fourth-order valence-corrected chi connectivity index (χ4v) is 4.96. The summed E-state index contributed by atoms with van der Waals surface area (Å²) >= 11 is 0. The molecule has 1 atom stereocenters. The van der Waals surface area contributed by atoms with Gasteiger partial charge in [-0.2, -0.15) is 0 Å². The van der Waals surface area contributed by atoms with Crippen LogP contribution in [0.4, 0.5) is 20.2 Å².